The van der Waals surface area contributed by atoms with Crippen LogP contribution in [0, 0.1) is 0 Å². The third kappa shape index (κ3) is 2.92. The third-order valence-electron chi connectivity index (χ3n) is 2.63. The van der Waals surface area contributed by atoms with Gasteiger partial charge in [0.05, 0.1) is 0 Å². The summed E-state index contributed by atoms with van der Waals surface area (Å²) in [6, 6.07) is 17.1. The van der Waals surface area contributed by atoms with Crippen LogP contribution in [0.25, 0.3) is 11.5 Å². The second-order valence-corrected chi connectivity index (χ2v) is 4.50. The zero-order valence-corrected chi connectivity index (χ0v) is 11.2. The molecule has 0 radical (unpaired) electrons. The molecule has 0 bridgehead atoms. The highest BCUT2D eigenvalue weighted by Gasteiger charge is 2.06. The van der Waals surface area contributed by atoms with Gasteiger partial charge < -0.3 is 4.42 Å². The molecule has 3 aromatic rings. The van der Waals surface area contributed by atoms with Crippen molar-refractivity contribution in [3.8, 4) is 11.5 Å². The van der Waals surface area contributed by atoms with E-state index in [0.29, 0.717) is 10.9 Å². The molecule has 0 aliphatic rings. The lowest BCUT2D eigenvalue weighted by Crippen LogP contribution is -1.77. The molecule has 0 amide bonds. The van der Waals surface area contributed by atoms with Gasteiger partial charge in [-0.25, -0.2) is 4.99 Å². The molecule has 0 spiro atoms. The number of benzene rings is 2. The fraction of sp³-hybridized carbons (Fsp3) is 0. The summed E-state index contributed by atoms with van der Waals surface area (Å²) in [5, 5.41) is 8.50. The highest BCUT2D eigenvalue weighted by molar-refractivity contribution is 6.30. The van der Waals surface area contributed by atoms with E-state index in [9.17, 15) is 0 Å². The third-order valence-corrected chi connectivity index (χ3v) is 2.88. The number of aromatic nitrogens is 2. The smallest absolute Gasteiger partial charge is 0.342 e. The number of aliphatic imine (C=N–C) groups is 1. The molecule has 0 aliphatic heterocycles. The van der Waals surface area contributed by atoms with Crippen molar-refractivity contribution in [2.75, 3.05) is 0 Å². The van der Waals surface area contributed by atoms with E-state index in [2.05, 4.69) is 15.2 Å². The summed E-state index contributed by atoms with van der Waals surface area (Å²) in [5.74, 6) is 0.418. The van der Waals surface area contributed by atoms with E-state index in [0.717, 1.165) is 11.1 Å². The van der Waals surface area contributed by atoms with E-state index < -0.39 is 0 Å². The van der Waals surface area contributed by atoms with Crippen LogP contribution in [-0.4, -0.2) is 16.4 Å². The van der Waals surface area contributed by atoms with Crippen LogP contribution in [0.4, 0.5) is 6.01 Å². The first-order chi connectivity index (χ1) is 9.81. The van der Waals surface area contributed by atoms with Crippen molar-refractivity contribution in [3.63, 3.8) is 0 Å². The number of nitrogens with zero attached hydrogens (tertiary/aromatic N) is 3. The van der Waals surface area contributed by atoms with Crippen molar-refractivity contribution < 1.29 is 4.42 Å². The van der Waals surface area contributed by atoms with Gasteiger partial charge in [-0.2, -0.15) is 0 Å². The van der Waals surface area contributed by atoms with Crippen LogP contribution in [0.15, 0.2) is 64.0 Å². The van der Waals surface area contributed by atoms with E-state index in [1.807, 2.05) is 42.5 Å². The van der Waals surface area contributed by atoms with Gasteiger partial charge in [0.15, 0.2) is 0 Å². The summed E-state index contributed by atoms with van der Waals surface area (Å²) >= 11 is 5.83. The minimum Gasteiger partial charge on any atom is -0.402 e. The Morgan fingerprint density at radius 1 is 0.950 bits per heavy atom. The van der Waals surface area contributed by atoms with Crippen LogP contribution < -0.4 is 0 Å². The summed E-state index contributed by atoms with van der Waals surface area (Å²) < 4.78 is 5.47. The van der Waals surface area contributed by atoms with Crippen LogP contribution in [0.3, 0.4) is 0 Å². The fourth-order valence-corrected chi connectivity index (χ4v) is 1.77. The van der Waals surface area contributed by atoms with Crippen molar-refractivity contribution >= 4 is 23.8 Å². The molecule has 3 rings (SSSR count). The summed E-state index contributed by atoms with van der Waals surface area (Å²) in [6.07, 6.45) is 1.68. The number of halogens is 1. The molecule has 1 aromatic heterocycles. The number of hydrogen-bond acceptors (Lipinski definition) is 4. The van der Waals surface area contributed by atoms with Crippen LogP contribution >= 0.6 is 11.6 Å². The average molecular weight is 284 g/mol. The SMILES string of the molecule is Clc1ccc(-c2nnc(N=Cc3ccccc3)o2)cc1. The predicted octanol–water partition coefficient (Wildman–Crippen LogP) is 4.14. The average Bonchev–Trinajstić information content (AvgIpc) is 2.96. The Morgan fingerprint density at radius 2 is 1.70 bits per heavy atom. The maximum Gasteiger partial charge on any atom is 0.342 e. The normalized spacial score (nSPS) is 11.1. The summed E-state index contributed by atoms with van der Waals surface area (Å²) in [6.45, 7) is 0. The first-order valence-electron chi connectivity index (χ1n) is 6.00. The zero-order chi connectivity index (χ0) is 13.8. The van der Waals surface area contributed by atoms with Gasteiger partial charge in [0.2, 0.25) is 5.89 Å². The van der Waals surface area contributed by atoms with Gasteiger partial charge in [0, 0.05) is 16.8 Å². The van der Waals surface area contributed by atoms with Gasteiger partial charge in [-0.3, -0.25) is 0 Å². The largest absolute Gasteiger partial charge is 0.402 e. The first-order valence-corrected chi connectivity index (χ1v) is 6.37. The van der Waals surface area contributed by atoms with E-state index >= 15 is 0 Å². The topological polar surface area (TPSA) is 51.3 Å². The molecule has 2 aromatic carbocycles. The molecule has 0 fully saturated rings. The van der Waals surface area contributed by atoms with Gasteiger partial charge in [-0.1, -0.05) is 47.0 Å². The molecule has 0 atom stereocenters. The van der Waals surface area contributed by atoms with Gasteiger partial charge in [0.1, 0.15) is 0 Å². The molecule has 20 heavy (non-hydrogen) atoms. The van der Waals surface area contributed by atoms with Crippen LogP contribution in [-0.2, 0) is 0 Å². The monoisotopic (exact) mass is 283 g/mol. The Balaban J connectivity index is 1.80. The highest BCUT2D eigenvalue weighted by Crippen LogP contribution is 2.22. The molecule has 0 N–H and O–H groups in total. The van der Waals surface area contributed by atoms with Crippen molar-refractivity contribution in [1.29, 1.82) is 0 Å². The molecule has 5 heteroatoms. The molecular formula is C15H10ClN3O. The van der Waals surface area contributed by atoms with Crippen molar-refractivity contribution in [2.24, 2.45) is 4.99 Å². The molecule has 0 unspecified atom stereocenters. The minimum absolute atomic E-state index is 0.221. The quantitative estimate of drug-likeness (QED) is 0.679. The number of rotatable bonds is 3. The van der Waals surface area contributed by atoms with E-state index in [-0.39, 0.29) is 6.01 Å². The lowest BCUT2D eigenvalue weighted by Gasteiger charge is -1.93. The lowest BCUT2D eigenvalue weighted by atomic mass is 10.2. The maximum absolute atomic E-state index is 5.83. The van der Waals surface area contributed by atoms with Crippen molar-refractivity contribution in [2.45, 2.75) is 0 Å². The summed E-state index contributed by atoms with van der Waals surface area (Å²) in [7, 11) is 0. The molecule has 0 saturated carbocycles. The first kappa shape index (κ1) is 12.6. The van der Waals surface area contributed by atoms with Gasteiger partial charge in [-0.05, 0) is 29.8 Å². The predicted molar refractivity (Wildman–Crippen MR) is 78.4 cm³/mol. The Kier molecular flexibility index (Phi) is 3.56. The maximum atomic E-state index is 5.83. The Hall–Kier alpha value is -2.46. The van der Waals surface area contributed by atoms with Crippen molar-refractivity contribution in [1.82, 2.24) is 10.2 Å². The van der Waals surface area contributed by atoms with Gasteiger partial charge in [-0.15, -0.1) is 5.10 Å². The van der Waals surface area contributed by atoms with Crippen LogP contribution in [0.1, 0.15) is 5.56 Å². The van der Waals surface area contributed by atoms with Crippen molar-refractivity contribution in [3.05, 3.63) is 65.2 Å². The molecule has 0 saturated heterocycles. The van der Waals surface area contributed by atoms with Crippen LogP contribution in [0.2, 0.25) is 5.02 Å². The second kappa shape index (κ2) is 5.67. The van der Waals surface area contributed by atoms with Crippen LogP contribution in [0.5, 0.6) is 0 Å². The second-order valence-electron chi connectivity index (χ2n) is 4.07. The van der Waals surface area contributed by atoms with E-state index in [4.69, 9.17) is 16.0 Å². The molecule has 98 valence electrons. The van der Waals surface area contributed by atoms with Gasteiger partial charge >= 0.3 is 6.01 Å². The van der Waals surface area contributed by atoms with E-state index in [1.54, 1.807) is 18.3 Å². The Bertz CT molecular complexity index is 720. The molecule has 1 heterocycles. The number of hydrogen-bond donors (Lipinski definition) is 0. The minimum atomic E-state index is 0.221. The Labute approximate surface area is 120 Å². The Morgan fingerprint density at radius 3 is 2.45 bits per heavy atom. The highest BCUT2D eigenvalue weighted by atomic mass is 35.5. The standard InChI is InChI=1S/C15H10ClN3O/c16-13-8-6-12(7-9-13)14-18-19-15(20-14)17-10-11-4-2-1-3-5-11/h1-10H. The lowest BCUT2D eigenvalue weighted by molar-refractivity contribution is 0.580. The van der Waals surface area contributed by atoms with Gasteiger partial charge in [0.25, 0.3) is 0 Å². The zero-order valence-electron chi connectivity index (χ0n) is 10.4. The summed E-state index contributed by atoms with van der Waals surface area (Å²) in [4.78, 5) is 4.15. The molecule has 4 nitrogen and oxygen atoms in total. The molecular weight excluding hydrogens is 274 g/mol. The molecule has 0 aliphatic carbocycles. The fourth-order valence-electron chi connectivity index (χ4n) is 1.65. The van der Waals surface area contributed by atoms with E-state index in [1.165, 1.54) is 0 Å². The summed E-state index contributed by atoms with van der Waals surface area (Å²) in [5.41, 5.74) is 1.78.